The van der Waals surface area contributed by atoms with Gasteiger partial charge in [-0.2, -0.15) is 18.2 Å². The summed E-state index contributed by atoms with van der Waals surface area (Å²) in [6, 6.07) is 9.73. The fourth-order valence-electron chi connectivity index (χ4n) is 2.95. The summed E-state index contributed by atoms with van der Waals surface area (Å²) >= 11 is 0. The lowest BCUT2D eigenvalue weighted by molar-refractivity contribution is -0.137. The standard InChI is InChI=1S/C21H20F3N5O5S/c1-29(35(3,32)33)16-7-5-4-6-14(16)26-18-13(21(22,23)24)11-25-20(28-18)27-15-9-8-12(19(30)31)10-17(15)34-2/h4-11H,1-3H3,(H,30,31)(H2,25,26,27,28). The zero-order valence-electron chi connectivity index (χ0n) is 18.6. The lowest BCUT2D eigenvalue weighted by atomic mass is 10.2. The van der Waals surface area contributed by atoms with Crippen LogP contribution in [0.1, 0.15) is 15.9 Å². The van der Waals surface area contributed by atoms with Crippen molar-refractivity contribution in [3.63, 3.8) is 0 Å². The number of hydrogen-bond donors (Lipinski definition) is 3. The lowest BCUT2D eigenvalue weighted by Crippen LogP contribution is -2.25. The third-order valence-corrected chi connectivity index (χ3v) is 5.97. The predicted octanol–water partition coefficient (Wildman–Crippen LogP) is 4.09. The second-order valence-electron chi connectivity index (χ2n) is 7.17. The number of carboxylic acid groups (broad SMARTS) is 1. The number of aromatic carboxylic acids is 1. The van der Waals surface area contributed by atoms with Gasteiger partial charge < -0.3 is 20.5 Å². The Kier molecular flexibility index (Phi) is 7.05. The molecule has 0 amide bonds. The Bertz CT molecular complexity index is 1370. The highest BCUT2D eigenvalue weighted by molar-refractivity contribution is 7.92. The number of anilines is 5. The summed E-state index contributed by atoms with van der Waals surface area (Å²) in [6.07, 6.45) is -3.29. The zero-order valence-corrected chi connectivity index (χ0v) is 19.4. The largest absolute Gasteiger partial charge is 0.495 e. The second kappa shape index (κ2) is 9.66. The van der Waals surface area contributed by atoms with Crippen LogP contribution in [0.4, 0.5) is 42.0 Å². The minimum absolute atomic E-state index is 0.0546. The molecule has 10 nitrogen and oxygen atoms in total. The van der Waals surface area contributed by atoms with E-state index in [1.165, 1.54) is 56.6 Å². The Hall–Kier alpha value is -4.07. The first-order valence-electron chi connectivity index (χ1n) is 9.74. The summed E-state index contributed by atoms with van der Waals surface area (Å²) in [5.74, 6) is -1.98. The van der Waals surface area contributed by atoms with Crippen LogP contribution in [0.15, 0.2) is 48.7 Å². The molecule has 0 saturated heterocycles. The molecular weight excluding hydrogens is 491 g/mol. The number of benzene rings is 2. The first-order chi connectivity index (χ1) is 16.3. The number of nitrogens with zero attached hydrogens (tertiary/aromatic N) is 3. The monoisotopic (exact) mass is 511 g/mol. The summed E-state index contributed by atoms with van der Waals surface area (Å²) in [6.45, 7) is 0. The van der Waals surface area contributed by atoms with Crippen LogP contribution in [0.3, 0.4) is 0 Å². The number of methoxy groups -OCH3 is 1. The van der Waals surface area contributed by atoms with Crippen molar-refractivity contribution in [2.45, 2.75) is 6.18 Å². The molecule has 35 heavy (non-hydrogen) atoms. The van der Waals surface area contributed by atoms with Crippen LogP contribution in [-0.4, -0.2) is 49.9 Å². The highest BCUT2D eigenvalue weighted by atomic mass is 32.2. The number of carbonyl (C=O) groups is 1. The van der Waals surface area contributed by atoms with Crippen LogP contribution in [-0.2, 0) is 16.2 Å². The number of para-hydroxylation sites is 2. The molecule has 0 spiro atoms. The van der Waals surface area contributed by atoms with Crippen LogP contribution in [0, 0.1) is 0 Å². The summed E-state index contributed by atoms with van der Waals surface area (Å²) in [7, 11) is -1.15. The molecule has 0 fully saturated rings. The number of sulfonamides is 1. The average molecular weight is 511 g/mol. The zero-order chi connectivity index (χ0) is 26.0. The van der Waals surface area contributed by atoms with Crippen LogP contribution < -0.4 is 19.7 Å². The second-order valence-corrected chi connectivity index (χ2v) is 9.19. The molecule has 2 aromatic carbocycles. The van der Waals surface area contributed by atoms with Gasteiger partial charge >= 0.3 is 12.1 Å². The third-order valence-electron chi connectivity index (χ3n) is 4.78. The maximum absolute atomic E-state index is 13.7. The molecule has 0 atom stereocenters. The number of ether oxygens (including phenoxy) is 1. The number of aromatic nitrogens is 2. The van der Waals surface area contributed by atoms with Crippen molar-refractivity contribution < 1.29 is 36.2 Å². The maximum atomic E-state index is 13.7. The number of rotatable bonds is 8. The Morgan fingerprint density at radius 1 is 1.11 bits per heavy atom. The topological polar surface area (TPSA) is 134 Å². The van der Waals surface area contributed by atoms with Crippen molar-refractivity contribution in [1.82, 2.24) is 9.97 Å². The van der Waals surface area contributed by atoms with Crippen LogP contribution in [0.2, 0.25) is 0 Å². The van der Waals surface area contributed by atoms with Gasteiger partial charge in [-0.25, -0.2) is 18.2 Å². The van der Waals surface area contributed by atoms with E-state index in [2.05, 4.69) is 20.6 Å². The Morgan fingerprint density at radius 2 is 1.80 bits per heavy atom. The summed E-state index contributed by atoms with van der Waals surface area (Å²) < 4.78 is 71.0. The van der Waals surface area contributed by atoms with E-state index in [0.29, 0.717) is 6.20 Å². The van der Waals surface area contributed by atoms with Gasteiger partial charge in [-0.3, -0.25) is 4.31 Å². The third kappa shape index (κ3) is 5.90. The maximum Gasteiger partial charge on any atom is 0.421 e. The molecule has 3 rings (SSSR count). The lowest BCUT2D eigenvalue weighted by Gasteiger charge is -2.22. The van der Waals surface area contributed by atoms with Gasteiger partial charge in [0.25, 0.3) is 0 Å². The molecule has 1 aromatic heterocycles. The Morgan fingerprint density at radius 3 is 2.40 bits per heavy atom. The molecule has 3 aromatic rings. The van der Waals surface area contributed by atoms with Gasteiger partial charge in [0.1, 0.15) is 17.1 Å². The fourth-order valence-corrected chi connectivity index (χ4v) is 3.47. The highest BCUT2D eigenvalue weighted by Crippen LogP contribution is 2.38. The summed E-state index contributed by atoms with van der Waals surface area (Å²) in [4.78, 5) is 18.8. The highest BCUT2D eigenvalue weighted by Gasteiger charge is 2.35. The van der Waals surface area contributed by atoms with E-state index in [4.69, 9.17) is 9.84 Å². The molecular formula is C21H20F3N5O5S. The number of alkyl halides is 3. The van der Waals surface area contributed by atoms with E-state index in [9.17, 15) is 26.4 Å². The molecule has 0 aliphatic rings. The van der Waals surface area contributed by atoms with Gasteiger partial charge in [-0.1, -0.05) is 12.1 Å². The van der Waals surface area contributed by atoms with Crippen molar-refractivity contribution in [2.75, 3.05) is 35.4 Å². The molecule has 186 valence electrons. The van der Waals surface area contributed by atoms with E-state index in [1.807, 2.05) is 0 Å². The SMILES string of the molecule is COc1cc(C(=O)O)ccc1Nc1ncc(C(F)(F)F)c(Nc2ccccc2N(C)S(C)(=O)=O)n1. The minimum Gasteiger partial charge on any atom is -0.495 e. The first kappa shape index (κ1) is 25.6. The van der Waals surface area contributed by atoms with Gasteiger partial charge in [-0.05, 0) is 30.3 Å². The van der Waals surface area contributed by atoms with Crippen molar-refractivity contribution in [2.24, 2.45) is 0 Å². The summed E-state index contributed by atoms with van der Waals surface area (Å²) in [5, 5.41) is 14.4. The molecule has 0 aliphatic heterocycles. The fraction of sp³-hybridized carbons (Fsp3) is 0.190. The van der Waals surface area contributed by atoms with Gasteiger partial charge in [0, 0.05) is 13.2 Å². The van der Waals surface area contributed by atoms with E-state index in [-0.39, 0.29) is 34.3 Å². The van der Waals surface area contributed by atoms with E-state index in [1.54, 1.807) is 0 Å². The van der Waals surface area contributed by atoms with Crippen LogP contribution >= 0.6 is 0 Å². The van der Waals surface area contributed by atoms with Crippen LogP contribution in [0.25, 0.3) is 0 Å². The van der Waals surface area contributed by atoms with Gasteiger partial charge in [0.2, 0.25) is 16.0 Å². The number of hydrogen-bond acceptors (Lipinski definition) is 8. The average Bonchev–Trinajstić information content (AvgIpc) is 2.78. The molecule has 0 saturated carbocycles. The quantitative estimate of drug-likeness (QED) is 0.409. The normalized spacial score (nSPS) is 11.6. The smallest absolute Gasteiger partial charge is 0.421 e. The van der Waals surface area contributed by atoms with Gasteiger partial charge in [0.15, 0.2) is 0 Å². The molecule has 0 aliphatic carbocycles. The molecule has 0 bridgehead atoms. The molecule has 0 radical (unpaired) electrons. The Balaban J connectivity index is 2.05. The number of nitrogens with one attached hydrogen (secondary N) is 2. The van der Waals surface area contributed by atoms with Crippen LogP contribution in [0.5, 0.6) is 5.75 Å². The first-order valence-corrected chi connectivity index (χ1v) is 11.6. The Labute approximate surface area is 198 Å². The van der Waals surface area contributed by atoms with Crippen molar-refractivity contribution >= 4 is 44.8 Å². The molecule has 14 heteroatoms. The van der Waals surface area contributed by atoms with Crippen molar-refractivity contribution in [3.05, 3.63) is 59.8 Å². The number of carboxylic acids is 1. The van der Waals surface area contributed by atoms with Crippen molar-refractivity contribution in [1.29, 1.82) is 0 Å². The van der Waals surface area contributed by atoms with Gasteiger partial charge in [0.05, 0.1) is 36.0 Å². The molecule has 3 N–H and O–H groups in total. The minimum atomic E-state index is -4.82. The van der Waals surface area contributed by atoms with E-state index >= 15 is 0 Å². The van der Waals surface area contributed by atoms with E-state index in [0.717, 1.165) is 10.6 Å². The van der Waals surface area contributed by atoms with Crippen molar-refractivity contribution in [3.8, 4) is 5.75 Å². The molecule has 0 unspecified atom stereocenters. The van der Waals surface area contributed by atoms with Gasteiger partial charge in [-0.15, -0.1) is 0 Å². The number of halogens is 3. The van der Waals surface area contributed by atoms with E-state index < -0.39 is 33.6 Å². The summed E-state index contributed by atoms with van der Waals surface area (Å²) in [5.41, 5.74) is -0.885. The molecule has 1 heterocycles. The predicted molar refractivity (Wildman–Crippen MR) is 123 cm³/mol.